The number of carbonyl (C=O) groups is 1. The van der Waals surface area contributed by atoms with Gasteiger partial charge in [0.05, 0.1) is 11.9 Å². The number of carbonyl (C=O) groups excluding carboxylic acids is 1. The molecule has 0 saturated carbocycles. The smallest absolute Gasteiger partial charge is 0.249 e. The van der Waals surface area contributed by atoms with Crippen molar-refractivity contribution < 1.29 is 13.2 Å². The molecule has 0 spiro atoms. The zero-order valence-electron chi connectivity index (χ0n) is 13.1. The fourth-order valence-electron chi connectivity index (χ4n) is 1.95. The molecular formula is C13H15ClN4O3S3. The van der Waals surface area contributed by atoms with Crippen LogP contribution in [0.15, 0.2) is 28.6 Å². The molecule has 0 aliphatic carbocycles. The van der Waals surface area contributed by atoms with Gasteiger partial charge < -0.3 is 0 Å². The van der Waals surface area contributed by atoms with E-state index in [-0.39, 0.29) is 0 Å². The van der Waals surface area contributed by atoms with Gasteiger partial charge in [0.1, 0.15) is 6.04 Å². The fourth-order valence-corrected chi connectivity index (χ4v) is 4.42. The summed E-state index contributed by atoms with van der Waals surface area (Å²) in [6.45, 7) is 1.50. The lowest BCUT2D eigenvalue weighted by Crippen LogP contribution is -2.45. The van der Waals surface area contributed by atoms with E-state index in [1.165, 1.54) is 30.0 Å². The molecule has 1 unspecified atom stereocenters. The van der Waals surface area contributed by atoms with Crippen molar-refractivity contribution in [3.63, 3.8) is 0 Å². The van der Waals surface area contributed by atoms with E-state index < -0.39 is 22.0 Å². The second-order valence-electron chi connectivity index (χ2n) is 4.78. The molecule has 2 rings (SSSR count). The van der Waals surface area contributed by atoms with Crippen LogP contribution in [0.3, 0.4) is 0 Å². The predicted octanol–water partition coefficient (Wildman–Crippen LogP) is 2.71. The van der Waals surface area contributed by atoms with Crippen LogP contribution in [0.1, 0.15) is 6.92 Å². The Balaban J connectivity index is 2.25. The molecular weight excluding hydrogens is 392 g/mol. The Morgan fingerprint density at radius 2 is 1.96 bits per heavy atom. The zero-order valence-corrected chi connectivity index (χ0v) is 16.3. The Labute approximate surface area is 153 Å². The molecule has 0 radical (unpaired) electrons. The van der Waals surface area contributed by atoms with Crippen LogP contribution >= 0.6 is 34.7 Å². The number of hydrogen-bond donors (Lipinski definition) is 1. The van der Waals surface area contributed by atoms with Crippen LogP contribution in [-0.4, -0.2) is 43.1 Å². The maximum Gasteiger partial charge on any atom is 0.249 e. The molecule has 11 heteroatoms. The number of sulfonamides is 1. The van der Waals surface area contributed by atoms with Gasteiger partial charge in [-0.15, -0.1) is 10.2 Å². The van der Waals surface area contributed by atoms with Crippen molar-refractivity contribution >= 4 is 61.4 Å². The molecule has 0 aliphatic heterocycles. The highest BCUT2D eigenvalue weighted by Crippen LogP contribution is 2.25. The molecule has 1 heterocycles. The third kappa shape index (κ3) is 4.59. The van der Waals surface area contributed by atoms with E-state index in [2.05, 4.69) is 15.5 Å². The summed E-state index contributed by atoms with van der Waals surface area (Å²) in [6.07, 6.45) is 2.89. The summed E-state index contributed by atoms with van der Waals surface area (Å²) in [5.74, 6) is -0.501. The molecule has 0 aliphatic rings. The minimum absolute atomic E-state index is 0.320. The number of halogens is 1. The third-order valence-electron chi connectivity index (χ3n) is 2.98. The van der Waals surface area contributed by atoms with Gasteiger partial charge in [-0.1, -0.05) is 34.7 Å². The van der Waals surface area contributed by atoms with Gasteiger partial charge in [-0.25, -0.2) is 8.42 Å². The molecule has 0 fully saturated rings. The van der Waals surface area contributed by atoms with Gasteiger partial charge in [0.2, 0.25) is 21.1 Å². The number of nitrogens with zero attached hydrogens (tertiary/aromatic N) is 3. The monoisotopic (exact) mass is 406 g/mol. The van der Waals surface area contributed by atoms with Crippen molar-refractivity contribution in [1.29, 1.82) is 0 Å². The minimum Gasteiger partial charge on any atom is -0.299 e. The number of thioether (sulfide) groups is 1. The van der Waals surface area contributed by atoms with E-state index in [0.29, 0.717) is 20.2 Å². The lowest BCUT2D eigenvalue weighted by atomic mass is 10.2. The normalized spacial score (nSPS) is 12.7. The molecule has 0 bridgehead atoms. The molecule has 0 saturated heterocycles. The van der Waals surface area contributed by atoms with E-state index >= 15 is 0 Å². The second kappa shape index (κ2) is 7.68. The second-order valence-corrected chi connectivity index (χ2v) is 9.10. The largest absolute Gasteiger partial charge is 0.299 e. The first-order valence-corrected chi connectivity index (χ1v) is 10.9. The fraction of sp³-hybridized carbons (Fsp3) is 0.308. The summed E-state index contributed by atoms with van der Waals surface area (Å²) < 4.78 is 26.0. The highest BCUT2D eigenvalue weighted by atomic mass is 35.5. The SMILES string of the molecule is CSc1nnc(NC(=O)C(C)N(c2ccc(Cl)cc2)S(C)(=O)=O)s1. The third-order valence-corrected chi connectivity index (χ3v) is 6.29. The molecule has 24 heavy (non-hydrogen) atoms. The first-order chi connectivity index (χ1) is 11.2. The molecule has 1 amide bonds. The van der Waals surface area contributed by atoms with Gasteiger partial charge in [-0.2, -0.15) is 0 Å². The average Bonchev–Trinajstić information content (AvgIpc) is 2.95. The molecule has 7 nitrogen and oxygen atoms in total. The van der Waals surface area contributed by atoms with Crippen molar-refractivity contribution in [3.8, 4) is 0 Å². The van der Waals surface area contributed by atoms with Gasteiger partial charge in [0.25, 0.3) is 0 Å². The van der Waals surface area contributed by atoms with Gasteiger partial charge in [-0.3, -0.25) is 14.4 Å². The van der Waals surface area contributed by atoms with E-state index in [9.17, 15) is 13.2 Å². The van der Waals surface area contributed by atoms with E-state index in [4.69, 9.17) is 11.6 Å². The van der Waals surface area contributed by atoms with Gasteiger partial charge in [-0.05, 0) is 37.4 Å². The molecule has 1 atom stereocenters. The predicted molar refractivity (Wildman–Crippen MR) is 98.6 cm³/mol. The van der Waals surface area contributed by atoms with E-state index in [1.807, 2.05) is 6.26 Å². The summed E-state index contributed by atoms with van der Waals surface area (Å²) in [6, 6.07) is 5.25. The van der Waals surface area contributed by atoms with Crippen LogP contribution in [0, 0.1) is 0 Å². The molecule has 130 valence electrons. The van der Waals surface area contributed by atoms with E-state index in [0.717, 1.165) is 10.6 Å². The van der Waals surface area contributed by atoms with Gasteiger partial charge in [0, 0.05) is 5.02 Å². The van der Waals surface area contributed by atoms with Crippen molar-refractivity contribution in [1.82, 2.24) is 10.2 Å². The number of anilines is 2. The number of amides is 1. The molecule has 1 aromatic carbocycles. The van der Waals surface area contributed by atoms with Crippen molar-refractivity contribution in [2.24, 2.45) is 0 Å². The minimum atomic E-state index is -3.67. The van der Waals surface area contributed by atoms with Gasteiger partial charge >= 0.3 is 0 Å². The quantitative estimate of drug-likeness (QED) is 0.585. The Kier molecular flexibility index (Phi) is 6.07. The number of rotatable bonds is 6. The summed E-state index contributed by atoms with van der Waals surface area (Å²) in [5.41, 5.74) is 0.353. The van der Waals surface area contributed by atoms with Gasteiger partial charge in [0.15, 0.2) is 4.34 Å². The number of benzene rings is 1. The summed E-state index contributed by atoms with van der Waals surface area (Å²) in [4.78, 5) is 12.4. The van der Waals surface area contributed by atoms with Crippen molar-refractivity contribution in [2.45, 2.75) is 17.3 Å². The molecule has 2 aromatic rings. The average molecular weight is 407 g/mol. The molecule has 1 aromatic heterocycles. The molecule has 1 N–H and O–H groups in total. The summed E-state index contributed by atoms with van der Waals surface area (Å²) in [7, 11) is -3.67. The maximum absolute atomic E-state index is 12.4. The summed E-state index contributed by atoms with van der Waals surface area (Å²) in [5, 5.41) is 11.1. The van der Waals surface area contributed by atoms with Crippen LogP contribution in [-0.2, 0) is 14.8 Å². The topological polar surface area (TPSA) is 92.3 Å². The lowest BCUT2D eigenvalue weighted by Gasteiger charge is -2.27. The van der Waals surface area contributed by atoms with Crippen LogP contribution in [0.2, 0.25) is 5.02 Å². The van der Waals surface area contributed by atoms with Crippen molar-refractivity contribution in [3.05, 3.63) is 29.3 Å². The Morgan fingerprint density at radius 3 is 2.46 bits per heavy atom. The zero-order chi connectivity index (χ0) is 17.9. The van der Waals surface area contributed by atoms with Crippen LogP contribution in [0.5, 0.6) is 0 Å². The first-order valence-electron chi connectivity index (χ1n) is 6.65. The number of nitrogens with one attached hydrogen (secondary N) is 1. The Hall–Kier alpha value is -1.36. The van der Waals surface area contributed by atoms with Crippen LogP contribution in [0.25, 0.3) is 0 Å². The van der Waals surface area contributed by atoms with Crippen LogP contribution < -0.4 is 9.62 Å². The summed E-state index contributed by atoms with van der Waals surface area (Å²) >= 11 is 8.46. The highest BCUT2D eigenvalue weighted by Gasteiger charge is 2.29. The highest BCUT2D eigenvalue weighted by molar-refractivity contribution is 8.00. The Bertz CT molecular complexity index is 823. The van der Waals surface area contributed by atoms with E-state index in [1.54, 1.807) is 24.3 Å². The van der Waals surface area contributed by atoms with Crippen molar-refractivity contribution in [2.75, 3.05) is 22.1 Å². The number of hydrogen-bond acceptors (Lipinski definition) is 7. The first kappa shape index (κ1) is 19.0. The van der Waals surface area contributed by atoms with Crippen LogP contribution in [0.4, 0.5) is 10.8 Å². The maximum atomic E-state index is 12.4. The number of aromatic nitrogens is 2. The standard InChI is InChI=1S/C13H15ClN4O3S3/c1-8(11(19)15-12-16-17-13(22-2)23-12)18(24(3,20)21)10-6-4-9(14)5-7-10/h4-8H,1-3H3,(H,15,16,19). The Morgan fingerprint density at radius 1 is 1.33 bits per heavy atom. The lowest BCUT2D eigenvalue weighted by molar-refractivity contribution is -0.116.